The molecular weight excluding hydrogens is 254 g/mol. The summed E-state index contributed by atoms with van der Waals surface area (Å²) >= 11 is 0. The molecule has 3 nitrogen and oxygen atoms in total. The van der Waals surface area contributed by atoms with E-state index in [-0.39, 0.29) is 11.3 Å². The number of hydrogen-bond donors (Lipinski definition) is 1. The number of rotatable bonds is 4. The van der Waals surface area contributed by atoms with Crippen LogP contribution in [0.2, 0.25) is 0 Å². The van der Waals surface area contributed by atoms with Crippen molar-refractivity contribution in [3.8, 4) is 0 Å². The molecule has 0 aliphatic rings. The molecule has 0 spiro atoms. The second-order valence-corrected chi connectivity index (χ2v) is 3.48. The summed E-state index contributed by atoms with van der Waals surface area (Å²) in [5.74, 6) is -7.43. The molecule has 0 radical (unpaired) electrons. The van der Waals surface area contributed by atoms with Crippen molar-refractivity contribution in [2.75, 3.05) is 5.32 Å². The monoisotopic (exact) mass is 263 g/mol. The Morgan fingerprint density at radius 2 is 1.78 bits per heavy atom. The van der Waals surface area contributed by atoms with Crippen LogP contribution in [0.15, 0.2) is 24.3 Å². The average molecular weight is 263 g/mol. The number of ketones is 1. The first-order valence-corrected chi connectivity index (χ1v) is 4.84. The van der Waals surface area contributed by atoms with Crippen molar-refractivity contribution in [3.05, 3.63) is 29.8 Å². The van der Waals surface area contributed by atoms with E-state index < -0.39 is 24.0 Å². The number of hydrogen-bond acceptors (Lipinski definition) is 2. The van der Waals surface area contributed by atoms with Crippen LogP contribution in [-0.4, -0.2) is 24.0 Å². The Balaban J connectivity index is 2.99. The van der Waals surface area contributed by atoms with E-state index in [0.29, 0.717) is 0 Å². The summed E-state index contributed by atoms with van der Waals surface area (Å²) < 4.78 is 49.3. The van der Waals surface area contributed by atoms with Crippen molar-refractivity contribution in [2.45, 2.75) is 19.3 Å². The van der Waals surface area contributed by atoms with Gasteiger partial charge in [0.1, 0.15) is 0 Å². The number of anilines is 1. The third-order valence-electron chi connectivity index (χ3n) is 2.13. The molecule has 0 aromatic heterocycles. The summed E-state index contributed by atoms with van der Waals surface area (Å²) in [7, 11) is 0. The van der Waals surface area contributed by atoms with E-state index >= 15 is 0 Å². The Labute approximate surface area is 99.8 Å². The number of para-hydroxylation sites is 1. The Bertz CT molecular complexity index is 474. The third-order valence-corrected chi connectivity index (χ3v) is 2.13. The van der Waals surface area contributed by atoms with Crippen molar-refractivity contribution in [3.63, 3.8) is 0 Å². The first-order chi connectivity index (χ1) is 8.26. The van der Waals surface area contributed by atoms with E-state index in [1.165, 1.54) is 24.3 Å². The highest BCUT2D eigenvalue weighted by atomic mass is 19.3. The first kappa shape index (κ1) is 14.1. The smallest absolute Gasteiger partial charge is 0.320 e. The van der Waals surface area contributed by atoms with Crippen molar-refractivity contribution in [2.24, 2.45) is 0 Å². The lowest BCUT2D eigenvalue weighted by Crippen LogP contribution is -2.41. The van der Waals surface area contributed by atoms with Gasteiger partial charge in [0.2, 0.25) is 0 Å². The number of Topliss-reactive ketones (excluding diaryl/α,β-unsaturated/α-hetero) is 1. The van der Waals surface area contributed by atoms with Crippen molar-refractivity contribution >= 4 is 17.4 Å². The zero-order chi connectivity index (χ0) is 13.9. The lowest BCUT2D eigenvalue weighted by atomic mass is 10.1. The van der Waals surface area contributed by atoms with Crippen LogP contribution in [0.25, 0.3) is 0 Å². The zero-order valence-corrected chi connectivity index (χ0v) is 9.22. The maximum absolute atomic E-state index is 12.7. The normalized spacial score (nSPS) is 11.4. The Kier molecular flexibility index (Phi) is 4.05. The number of nitrogens with one attached hydrogen (secondary N) is 1. The van der Waals surface area contributed by atoms with E-state index in [0.717, 1.165) is 6.92 Å². The van der Waals surface area contributed by atoms with Gasteiger partial charge in [-0.1, -0.05) is 12.1 Å². The second-order valence-electron chi connectivity index (χ2n) is 3.48. The molecule has 0 saturated carbocycles. The molecule has 0 aliphatic carbocycles. The molecule has 0 unspecified atom stereocenters. The fourth-order valence-corrected chi connectivity index (χ4v) is 1.20. The quantitative estimate of drug-likeness (QED) is 0.670. The Morgan fingerprint density at radius 1 is 1.22 bits per heavy atom. The summed E-state index contributed by atoms with van der Waals surface area (Å²) in [4.78, 5) is 22.1. The zero-order valence-electron chi connectivity index (χ0n) is 9.22. The van der Waals surface area contributed by atoms with Crippen LogP contribution >= 0.6 is 0 Å². The molecule has 1 aromatic rings. The number of carbonyl (C=O) groups is 2. The molecule has 1 rings (SSSR count). The SMILES string of the molecule is CC(=O)c1ccccc1NC(=O)C(F)(F)C(F)F. The molecule has 0 bridgehead atoms. The highest BCUT2D eigenvalue weighted by Gasteiger charge is 2.49. The van der Waals surface area contributed by atoms with E-state index in [4.69, 9.17) is 0 Å². The largest absolute Gasteiger partial charge is 0.383 e. The van der Waals surface area contributed by atoms with Gasteiger partial charge in [-0.05, 0) is 19.1 Å². The standard InChI is InChI=1S/C11H9F4NO2/c1-6(17)7-4-2-3-5-8(7)16-10(18)11(14,15)9(12)13/h2-5,9H,1H3,(H,16,18). The fraction of sp³-hybridized carbons (Fsp3) is 0.273. The molecule has 0 atom stereocenters. The van der Waals surface area contributed by atoms with E-state index in [9.17, 15) is 27.2 Å². The van der Waals surface area contributed by atoms with Gasteiger partial charge in [0, 0.05) is 5.56 Å². The molecular formula is C11H9F4NO2. The molecule has 1 aromatic carbocycles. The van der Waals surface area contributed by atoms with Crippen LogP contribution < -0.4 is 5.32 Å². The minimum Gasteiger partial charge on any atom is -0.320 e. The van der Waals surface area contributed by atoms with E-state index in [1.54, 1.807) is 5.32 Å². The summed E-state index contributed by atoms with van der Waals surface area (Å²) in [5, 5.41) is 1.62. The van der Waals surface area contributed by atoms with Crippen LogP contribution in [0.1, 0.15) is 17.3 Å². The minimum absolute atomic E-state index is 0.0316. The summed E-state index contributed by atoms with van der Waals surface area (Å²) in [6.07, 6.45) is -4.11. The van der Waals surface area contributed by atoms with Crippen LogP contribution in [0.3, 0.4) is 0 Å². The number of benzene rings is 1. The van der Waals surface area contributed by atoms with Gasteiger partial charge in [0.25, 0.3) is 0 Å². The molecule has 98 valence electrons. The summed E-state index contributed by atoms with van der Waals surface area (Å²) in [5.41, 5.74) is -0.258. The van der Waals surface area contributed by atoms with Gasteiger partial charge in [0.05, 0.1) is 5.69 Å². The molecule has 0 fully saturated rings. The van der Waals surface area contributed by atoms with Crippen molar-refractivity contribution in [1.29, 1.82) is 0 Å². The predicted molar refractivity (Wildman–Crippen MR) is 56.0 cm³/mol. The molecule has 0 aliphatic heterocycles. The average Bonchev–Trinajstić information content (AvgIpc) is 2.29. The third kappa shape index (κ3) is 2.85. The molecule has 7 heteroatoms. The molecule has 1 N–H and O–H groups in total. The Hall–Kier alpha value is -1.92. The highest BCUT2D eigenvalue weighted by molar-refractivity contribution is 6.05. The summed E-state index contributed by atoms with van der Waals surface area (Å²) in [6, 6.07) is 5.30. The van der Waals surface area contributed by atoms with Crippen LogP contribution in [0, 0.1) is 0 Å². The molecule has 0 heterocycles. The number of halogens is 4. The second kappa shape index (κ2) is 5.16. The van der Waals surface area contributed by atoms with E-state index in [2.05, 4.69) is 0 Å². The van der Waals surface area contributed by atoms with Gasteiger partial charge in [0.15, 0.2) is 5.78 Å². The highest BCUT2D eigenvalue weighted by Crippen LogP contribution is 2.25. The topological polar surface area (TPSA) is 46.2 Å². The fourth-order valence-electron chi connectivity index (χ4n) is 1.20. The number of alkyl halides is 4. The first-order valence-electron chi connectivity index (χ1n) is 4.84. The van der Waals surface area contributed by atoms with E-state index in [1.807, 2.05) is 0 Å². The maximum atomic E-state index is 12.7. The Morgan fingerprint density at radius 3 is 2.28 bits per heavy atom. The van der Waals surface area contributed by atoms with Gasteiger partial charge in [-0.3, -0.25) is 9.59 Å². The molecule has 1 amide bonds. The maximum Gasteiger partial charge on any atom is 0.383 e. The summed E-state index contributed by atoms with van der Waals surface area (Å²) in [6.45, 7) is 1.16. The van der Waals surface area contributed by atoms with Gasteiger partial charge in [-0.2, -0.15) is 8.78 Å². The lowest BCUT2D eigenvalue weighted by molar-refractivity contribution is -0.163. The van der Waals surface area contributed by atoms with Crippen molar-refractivity contribution < 1.29 is 27.2 Å². The molecule has 0 saturated heterocycles. The predicted octanol–water partition coefficient (Wildman–Crippen LogP) is 2.73. The van der Waals surface area contributed by atoms with Crippen LogP contribution in [0.4, 0.5) is 23.2 Å². The minimum atomic E-state index is -4.80. The molecule has 18 heavy (non-hydrogen) atoms. The van der Waals surface area contributed by atoms with Gasteiger partial charge in [-0.25, -0.2) is 8.78 Å². The number of amides is 1. The lowest BCUT2D eigenvalue weighted by Gasteiger charge is -2.16. The van der Waals surface area contributed by atoms with Gasteiger partial charge >= 0.3 is 18.3 Å². The van der Waals surface area contributed by atoms with Crippen LogP contribution in [0.5, 0.6) is 0 Å². The van der Waals surface area contributed by atoms with Gasteiger partial charge < -0.3 is 5.32 Å². The number of carbonyl (C=O) groups excluding carboxylic acids is 2. The van der Waals surface area contributed by atoms with Crippen LogP contribution in [-0.2, 0) is 4.79 Å². The van der Waals surface area contributed by atoms with Crippen molar-refractivity contribution in [1.82, 2.24) is 0 Å². The van der Waals surface area contributed by atoms with Gasteiger partial charge in [-0.15, -0.1) is 0 Å².